The van der Waals surface area contributed by atoms with Gasteiger partial charge in [0.05, 0.1) is 11.7 Å². The van der Waals surface area contributed by atoms with Crippen LogP contribution in [0.5, 0.6) is 0 Å². The summed E-state index contributed by atoms with van der Waals surface area (Å²) in [5.41, 5.74) is 1.43. The minimum absolute atomic E-state index is 0.0570. The summed E-state index contributed by atoms with van der Waals surface area (Å²) in [7, 11) is 1.90. The van der Waals surface area contributed by atoms with Crippen molar-refractivity contribution in [1.29, 1.82) is 0 Å². The van der Waals surface area contributed by atoms with Gasteiger partial charge < -0.3 is 9.88 Å². The highest BCUT2D eigenvalue weighted by Crippen LogP contribution is 2.51. The van der Waals surface area contributed by atoms with Crippen LogP contribution < -0.4 is 5.32 Å². The van der Waals surface area contributed by atoms with Crippen molar-refractivity contribution in [3.05, 3.63) is 18.5 Å². The molecule has 4 nitrogen and oxygen atoms in total. The lowest BCUT2D eigenvalue weighted by Crippen LogP contribution is -2.48. The van der Waals surface area contributed by atoms with Crippen LogP contribution in [-0.2, 0) is 7.05 Å². The maximum Gasteiger partial charge on any atom is 0.249 e. The Morgan fingerprint density at radius 1 is 1.42 bits per heavy atom. The van der Waals surface area contributed by atoms with Crippen LogP contribution in [0.15, 0.2) is 18.5 Å². The van der Waals surface area contributed by atoms with Crippen LogP contribution in [0, 0.1) is 5.41 Å². The minimum Gasteiger partial charge on any atom is -0.355 e. The van der Waals surface area contributed by atoms with Crippen molar-refractivity contribution < 1.29 is 8.78 Å². The smallest absolute Gasteiger partial charge is 0.249 e. The van der Waals surface area contributed by atoms with Gasteiger partial charge in [0, 0.05) is 32.6 Å². The molecule has 0 aromatic carbocycles. The van der Waals surface area contributed by atoms with Crippen LogP contribution in [0.2, 0.25) is 0 Å². The van der Waals surface area contributed by atoms with Crippen molar-refractivity contribution in [3.63, 3.8) is 0 Å². The number of hydrogen-bond acceptors (Lipinski definition) is 3. The van der Waals surface area contributed by atoms with E-state index in [1.54, 1.807) is 12.4 Å². The molecule has 102 valence electrons. The Morgan fingerprint density at radius 2 is 2.16 bits per heavy atom. The molecule has 2 aromatic heterocycles. The average molecular weight is 266 g/mol. The van der Waals surface area contributed by atoms with E-state index < -0.39 is 5.92 Å². The highest BCUT2D eigenvalue weighted by molar-refractivity contribution is 5.77. The van der Waals surface area contributed by atoms with Gasteiger partial charge in [-0.1, -0.05) is 6.92 Å². The SMILES string of the molecule is Cn1c(NCC2(C)CC(F)(F)C2)nc2cnccc21. The summed E-state index contributed by atoms with van der Waals surface area (Å²) in [4.78, 5) is 8.43. The van der Waals surface area contributed by atoms with E-state index in [4.69, 9.17) is 0 Å². The zero-order chi connectivity index (χ0) is 13.7. The van der Waals surface area contributed by atoms with Crippen molar-refractivity contribution in [1.82, 2.24) is 14.5 Å². The zero-order valence-corrected chi connectivity index (χ0v) is 11.0. The molecule has 19 heavy (non-hydrogen) atoms. The Kier molecular flexibility index (Phi) is 2.52. The lowest BCUT2D eigenvalue weighted by molar-refractivity contribution is -0.148. The van der Waals surface area contributed by atoms with E-state index in [-0.39, 0.29) is 18.3 Å². The summed E-state index contributed by atoms with van der Waals surface area (Å²) in [6.07, 6.45) is 3.29. The lowest BCUT2D eigenvalue weighted by atomic mass is 9.67. The first-order chi connectivity index (χ1) is 8.89. The fourth-order valence-corrected chi connectivity index (χ4v) is 2.82. The second-order valence-corrected chi connectivity index (χ2v) is 5.73. The second-order valence-electron chi connectivity index (χ2n) is 5.73. The van der Waals surface area contributed by atoms with Crippen LogP contribution >= 0.6 is 0 Å². The van der Waals surface area contributed by atoms with Gasteiger partial charge in [-0.2, -0.15) is 0 Å². The van der Waals surface area contributed by atoms with E-state index in [0.29, 0.717) is 12.5 Å². The molecular formula is C13H16F2N4. The molecule has 1 fully saturated rings. The van der Waals surface area contributed by atoms with Gasteiger partial charge in [-0.25, -0.2) is 13.8 Å². The molecule has 2 heterocycles. The maximum atomic E-state index is 12.9. The Bertz CT molecular complexity index is 612. The quantitative estimate of drug-likeness (QED) is 0.929. The molecule has 0 amide bonds. The third kappa shape index (κ3) is 2.15. The molecule has 0 spiro atoms. The predicted octanol–water partition coefficient (Wildman–Crippen LogP) is 2.82. The van der Waals surface area contributed by atoms with Crippen molar-refractivity contribution in [2.24, 2.45) is 12.5 Å². The van der Waals surface area contributed by atoms with E-state index in [0.717, 1.165) is 11.0 Å². The number of nitrogens with zero attached hydrogens (tertiary/aromatic N) is 3. The number of pyridine rings is 1. The molecule has 3 rings (SSSR count). The Labute approximate surface area is 109 Å². The molecule has 0 radical (unpaired) electrons. The number of halogens is 2. The molecule has 0 atom stereocenters. The van der Waals surface area contributed by atoms with Crippen molar-refractivity contribution in [3.8, 4) is 0 Å². The summed E-state index contributed by atoms with van der Waals surface area (Å²) in [6, 6.07) is 1.88. The monoisotopic (exact) mass is 266 g/mol. The second kappa shape index (κ2) is 3.88. The van der Waals surface area contributed by atoms with Gasteiger partial charge in [-0.05, 0) is 11.5 Å². The van der Waals surface area contributed by atoms with Crippen LogP contribution in [0.1, 0.15) is 19.8 Å². The fourth-order valence-electron chi connectivity index (χ4n) is 2.82. The summed E-state index contributed by atoms with van der Waals surface area (Å²) < 4.78 is 27.8. The van der Waals surface area contributed by atoms with Crippen molar-refractivity contribution in [2.45, 2.75) is 25.7 Å². The van der Waals surface area contributed by atoms with Gasteiger partial charge in [-0.3, -0.25) is 4.98 Å². The molecular weight excluding hydrogens is 250 g/mol. The van der Waals surface area contributed by atoms with Crippen molar-refractivity contribution >= 4 is 17.0 Å². The first kappa shape index (κ1) is 12.3. The topological polar surface area (TPSA) is 42.7 Å². The lowest BCUT2D eigenvalue weighted by Gasteiger charge is -2.44. The number of anilines is 1. The highest BCUT2D eigenvalue weighted by Gasteiger charge is 2.53. The third-order valence-electron chi connectivity index (χ3n) is 3.73. The highest BCUT2D eigenvalue weighted by atomic mass is 19.3. The van der Waals surface area contributed by atoms with Gasteiger partial charge >= 0.3 is 0 Å². The maximum absolute atomic E-state index is 12.9. The standard InChI is InChI=1S/C13H16F2N4/c1-12(6-13(14,15)7-12)8-17-11-18-9-5-16-4-3-10(9)19(11)2/h3-5H,6-8H2,1-2H3,(H,17,18). The van der Waals surface area contributed by atoms with Gasteiger partial charge in [0.25, 0.3) is 0 Å². The number of rotatable bonds is 3. The van der Waals surface area contributed by atoms with E-state index in [2.05, 4.69) is 15.3 Å². The number of fused-ring (bicyclic) bond motifs is 1. The molecule has 6 heteroatoms. The molecule has 0 aliphatic heterocycles. The third-order valence-corrected chi connectivity index (χ3v) is 3.73. The molecule has 0 bridgehead atoms. The van der Waals surface area contributed by atoms with Crippen LogP contribution in [0.4, 0.5) is 14.7 Å². The van der Waals surface area contributed by atoms with Crippen molar-refractivity contribution in [2.75, 3.05) is 11.9 Å². The van der Waals surface area contributed by atoms with Gasteiger partial charge in [0.15, 0.2) is 0 Å². The first-order valence-electron chi connectivity index (χ1n) is 6.27. The Morgan fingerprint density at radius 3 is 2.79 bits per heavy atom. The fraction of sp³-hybridized carbons (Fsp3) is 0.538. The van der Waals surface area contributed by atoms with Crippen LogP contribution in [0.25, 0.3) is 11.0 Å². The summed E-state index contributed by atoms with van der Waals surface area (Å²) in [5.74, 6) is -1.80. The largest absolute Gasteiger partial charge is 0.355 e. The van der Waals surface area contributed by atoms with Gasteiger partial charge in [0.2, 0.25) is 11.9 Å². The summed E-state index contributed by atoms with van der Waals surface area (Å²) in [6.45, 7) is 2.38. The molecule has 1 saturated carbocycles. The van der Waals surface area contributed by atoms with Gasteiger partial charge in [-0.15, -0.1) is 0 Å². The minimum atomic E-state index is -2.49. The number of nitrogens with one attached hydrogen (secondary N) is 1. The van der Waals surface area contributed by atoms with E-state index in [1.807, 2.05) is 24.6 Å². The number of imidazole rings is 1. The number of hydrogen-bond donors (Lipinski definition) is 1. The number of aromatic nitrogens is 3. The van der Waals surface area contributed by atoms with E-state index >= 15 is 0 Å². The van der Waals surface area contributed by atoms with E-state index in [1.165, 1.54) is 0 Å². The van der Waals surface area contributed by atoms with Crippen LogP contribution in [0.3, 0.4) is 0 Å². The Hall–Kier alpha value is -1.72. The normalized spacial score (nSPS) is 20.2. The molecule has 2 aromatic rings. The van der Waals surface area contributed by atoms with Gasteiger partial charge in [0.1, 0.15) is 5.52 Å². The molecule has 0 unspecified atom stereocenters. The summed E-state index contributed by atoms with van der Waals surface area (Å²) in [5, 5.41) is 3.17. The molecule has 1 aliphatic rings. The molecule has 0 saturated heterocycles. The summed E-state index contributed by atoms with van der Waals surface area (Å²) >= 11 is 0. The van der Waals surface area contributed by atoms with E-state index in [9.17, 15) is 8.78 Å². The first-order valence-corrected chi connectivity index (χ1v) is 6.27. The predicted molar refractivity (Wildman–Crippen MR) is 69.3 cm³/mol. The average Bonchev–Trinajstić information content (AvgIpc) is 2.62. The van der Waals surface area contributed by atoms with Crippen LogP contribution in [-0.4, -0.2) is 27.0 Å². The Balaban J connectivity index is 1.74. The zero-order valence-electron chi connectivity index (χ0n) is 11.0. The molecule has 1 aliphatic carbocycles. The molecule has 1 N–H and O–H groups in total. The number of alkyl halides is 2. The number of aryl methyl sites for hydroxylation is 1.